The third-order valence-corrected chi connectivity index (χ3v) is 3.60. The molecule has 2 aromatic heterocycles. The van der Waals surface area contributed by atoms with Crippen LogP contribution in [-0.2, 0) is 16.0 Å². The first-order valence-corrected chi connectivity index (χ1v) is 7.29. The van der Waals surface area contributed by atoms with E-state index in [2.05, 4.69) is 10.3 Å². The molecule has 0 saturated heterocycles. The lowest BCUT2D eigenvalue weighted by molar-refractivity contribution is -0.142. The smallest absolute Gasteiger partial charge is 0.204 e. The first-order chi connectivity index (χ1) is 9.22. The Morgan fingerprint density at radius 1 is 1.32 bits per heavy atom. The van der Waals surface area contributed by atoms with E-state index in [1.54, 1.807) is 4.68 Å². The van der Waals surface area contributed by atoms with Gasteiger partial charge in [0.1, 0.15) is 5.69 Å². The summed E-state index contributed by atoms with van der Waals surface area (Å²) in [5.74, 6) is 0. The molecule has 19 heavy (non-hydrogen) atoms. The van der Waals surface area contributed by atoms with Crippen LogP contribution in [-0.4, -0.2) is 28.2 Å². The predicted octanol–water partition coefficient (Wildman–Crippen LogP) is 3.11. The minimum atomic E-state index is -0.448. The van der Waals surface area contributed by atoms with E-state index in [-0.39, 0.29) is 0 Å². The highest BCUT2D eigenvalue weighted by atomic mass is 35.5. The largest absolute Gasteiger partial charge is 0.347 e. The van der Waals surface area contributed by atoms with E-state index in [1.165, 1.54) is 11.3 Å². The van der Waals surface area contributed by atoms with Crippen molar-refractivity contribution in [3.8, 4) is 0 Å². The van der Waals surface area contributed by atoms with E-state index in [0.29, 0.717) is 25.5 Å². The molecule has 0 aromatic carbocycles. The summed E-state index contributed by atoms with van der Waals surface area (Å²) >= 11 is 7.43. The molecule has 0 fully saturated rings. The molecular formula is C12H16ClN3O2S. The first-order valence-electron chi connectivity index (χ1n) is 6.10. The van der Waals surface area contributed by atoms with E-state index in [4.69, 9.17) is 21.1 Å². The molecule has 104 valence electrons. The van der Waals surface area contributed by atoms with Crippen LogP contribution in [0.1, 0.15) is 30.7 Å². The summed E-state index contributed by atoms with van der Waals surface area (Å²) in [4.78, 5) is 1.13. The maximum atomic E-state index is 5.90. The molecule has 0 unspecified atom stereocenters. The lowest BCUT2D eigenvalue weighted by Gasteiger charge is -2.13. The van der Waals surface area contributed by atoms with Crippen LogP contribution >= 0.6 is 22.9 Å². The van der Waals surface area contributed by atoms with Gasteiger partial charge in [-0.3, -0.25) is 0 Å². The van der Waals surface area contributed by atoms with Gasteiger partial charge in [-0.05, 0) is 26.0 Å². The number of aromatic nitrogens is 3. The zero-order valence-corrected chi connectivity index (χ0v) is 12.4. The van der Waals surface area contributed by atoms with Crippen LogP contribution in [0.5, 0.6) is 0 Å². The summed E-state index contributed by atoms with van der Waals surface area (Å²) in [6.45, 7) is 5.62. The standard InChI is InChI=1S/C12H16ClN3O2S/c1-3-17-12(18-4-2)10-8-16(15-14-10)7-9-5-6-11(13)19-9/h5-6,8,12H,3-4,7H2,1-2H3. The van der Waals surface area contributed by atoms with Gasteiger partial charge in [-0.15, -0.1) is 16.4 Å². The van der Waals surface area contributed by atoms with Gasteiger partial charge in [0.25, 0.3) is 0 Å². The van der Waals surface area contributed by atoms with Crippen molar-refractivity contribution in [2.75, 3.05) is 13.2 Å². The van der Waals surface area contributed by atoms with E-state index in [9.17, 15) is 0 Å². The van der Waals surface area contributed by atoms with Gasteiger partial charge in [0, 0.05) is 18.1 Å². The SMILES string of the molecule is CCOC(OCC)c1cn(Cc2ccc(Cl)s2)nn1. The quantitative estimate of drug-likeness (QED) is 0.737. The average Bonchev–Trinajstić information content (AvgIpc) is 2.99. The second-order valence-electron chi connectivity index (χ2n) is 3.79. The molecular weight excluding hydrogens is 286 g/mol. The zero-order valence-electron chi connectivity index (χ0n) is 10.9. The fourth-order valence-electron chi connectivity index (χ4n) is 1.62. The fourth-order valence-corrected chi connectivity index (χ4v) is 2.70. The summed E-state index contributed by atoms with van der Waals surface area (Å²) in [5, 5.41) is 8.17. The number of hydrogen-bond acceptors (Lipinski definition) is 5. The van der Waals surface area contributed by atoms with Gasteiger partial charge in [-0.25, -0.2) is 4.68 Å². The molecule has 7 heteroatoms. The van der Waals surface area contributed by atoms with Gasteiger partial charge in [-0.2, -0.15) is 0 Å². The molecule has 0 radical (unpaired) electrons. The molecule has 0 aliphatic heterocycles. The number of halogens is 1. The van der Waals surface area contributed by atoms with E-state index < -0.39 is 6.29 Å². The molecule has 0 amide bonds. The number of nitrogens with zero attached hydrogens (tertiary/aromatic N) is 3. The molecule has 0 bridgehead atoms. The zero-order chi connectivity index (χ0) is 13.7. The van der Waals surface area contributed by atoms with Crippen molar-refractivity contribution >= 4 is 22.9 Å². The van der Waals surface area contributed by atoms with Crippen LogP contribution in [0.25, 0.3) is 0 Å². The predicted molar refractivity (Wildman–Crippen MR) is 74.4 cm³/mol. The molecule has 0 aliphatic rings. The number of rotatable bonds is 7. The Hall–Kier alpha value is -0.950. The topological polar surface area (TPSA) is 49.2 Å². The maximum absolute atomic E-state index is 5.90. The minimum Gasteiger partial charge on any atom is -0.347 e. The van der Waals surface area contributed by atoms with Crippen molar-refractivity contribution in [2.24, 2.45) is 0 Å². The van der Waals surface area contributed by atoms with Crippen molar-refractivity contribution in [3.63, 3.8) is 0 Å². The molecule has 0 atom stereocenters. The lowest BCUT2D eigenvalue weighted by atomic mass is 10.4. The second kappa shape index (κ2) is 7.00. The van der Waals surface area contributed by atoms with Gasteiger partial charge >= 0.3 is 0 Å². The monoisotopic (exact) mass is 301 g/mol. The fraction of sp³-hybridized carbons (Fsp3) is 0.500. The maximum Gasteiger partial charge on any atom is 0.204 e. The Balaban J connectivity index is 2.04. The first kappa shape index (κ1) is 14.5. The van der Waals surface area contributed by atoms with Crippen LogP contribution < -0.4 is 0 Å². The van der Waals surface area contributed by atoms with Crippen molar-refractivity contribution in [3.05, 3.63) is 33.2 Å². The molecule has 2 aromatic rings. The summed E-state index contributed by atoms with van der Waals surface area (Å²) in [7, 11) is 0. The Morgan fingerprint density at radius 3 is 2.63 bits per heavy atom. The Morgan fingerprint density at radius 2 is 2.05 bits per heavy atom. The number of hydrogen-bond donors (Lipinski definition) is 0. The lowest BCUT2D eigenvalue weighted by Crippen LogP contribution is -2.09. The average molecular weight is 302 g/mol. The van der Waals surface area contributed by atoms with Crippen LogP contribution in [0.15, 0.2) is 18.3 Å². The minimum absolute atomic E-state index is 0.448. The van der Waals surface area contributed by atoms with E-state index in [0.717, 1.165) is 9.21 Å². The van der Waals surface area contributed by atoms with E-state index >= 15 is 0 Å². The molecule has 0 saturated carbocycles. The van der Waals surface area contributed by atoms with Crippen LogP contribution in [0.4, 0.5) is 0 Å². The summed E-state index contributed by atoms with van der Waals surface area (Å²) in [6.07, 6.45) is 1.39. The number of ether oxygens (including phenoxy) is 2. The molecule has 0 aliphatic carbocycles. The van der Waals surface area contributed by atoms with Crippen molar-refractivity contribution < 1.29 is 9.47 Å². The summed E-state index contributed by atoms with van der Waals surface area (Å²) in [6, 6.07) is 3.86. The van der Waals surface area contributed by atoms with Crippen LogP contribution in [0.3, 0.4) is 0 Å². The highest BCUT2D eigenvalue weighted by molar-refractivity contribution is 7.16. The van der Waals surface area contributed by atoms with Gasteiger partial charge in [0.15, 0.2) is 0 Å². The molecule has 0 N–H and O–H groups in total. The third-order valence-electron chi connectivity index (χ3n) is 2.38. The molecule has 2 heterocycles. The van der Waals surface area contributed by atoms with Crippen molar-refractivity contribution in [2.45, 2.75) is 26.7 Å². The molecule has 0 spiro atoms. The van der Waals surface area contributed by atoms with Gasteiger partial charge in [0.2, 0.25) is 6.29 Å². The Labute approximate surface area is 121 Å². The third kappa shape index (κ3) is 4.01. The summed E-state index contributed by atoms with van der Waals surface area (Å²) in [5.41, 5.74) is 0.686. The van der Waals surface area contributed by atoms with Gasteiger partial charge < -0.3 is 9.47 Å². The Bertz CT molecular complexity index is 509. The van der Waals surface area contributed by atoms with Crippen molar-refractivity contribution in [1.82, 2.24) is 15.0 Å². The molecule has 5 nitrogen and oxygen atoms in total. The van der Waals surface area contributed by atoms with Crippen LogP contribution in [0, 0.1) is 0 Å². The van der Waals surface area contributed by atoms with Gasteiger partial charge in [0.05, 0.1) is 17.1 Å². The highest BCUT2D eigenvalue weighted by Crippen LogP contribution is 2.22. The number of thiophene rings is 1. The van der Waals surface area contributed by atoms with E-state index in [1.807, 2.05) is 32.2 Å². The Kier molecular flexibility index (Phi) is 5.33. The van der Waals surface area contributed by atoms with Gasteiger partial charge in [-0.1, -0.05) is 16.8 Å². The highest BCUT2D eigenvalue weighted by Gasteiger charge is 2.15. The molecule has 2 rings (SSSR count). The van der Waals surface area contributed by atoms with Crippen molar-refractivity contribution in [1.29, 1.82) is 0 Å². The second-order valence-corrected chi connectivity index (χ2v) is 5.59. The normalized spacial score (nSPS) is 11.4. The van der Waals surface area contributed by atoms with Crippen LogP contribution in [0.2, 0.25) is 4.34 Å². The summed E-state index contributed by atoms with van der Waals surface area (Å²) < 4.78 is 13.5.